The Morgan fingerprint density at radius 1 is 0.529 bits per heavy atom. The number of Topliss-reactive ketones (excluding diaryl/α,β-unsaturated/α-hetero) is 2. The number of nitrogens with zero attached hydrogens (tertiary/aromatic N) is 6. The van der Waals surface area contributed by atoms with Gasteiger partial charge in [0.2, 0.25) is 23.6 Å². The van der Waals surface area contributed by atoms with Crippen LogP contribution in [0.25, 0.3) is 0 Å². The molecule has 0 unspecified atom stereocenters. The predicted molar refractivity (Wildman–Crippen MR) is 325 cm³/mol. The van der Waals surface area contributed by atoms with Gasteiger partial charge in [0, 0.05) is 80.3 Å². The van der Waals surface area contributed by atoms with Crippen molar-refractivity contribution < 1.29 is 91.5 Å². The van der Waals surface area contributed by atoms with Gasteiger partial charge >= 0.3 is 30.8 Å². The van der Waals surface area contributed by atoms with Crippen LogP contribution in [-0.4, -0.2) is 238 Å². The Balaban J connectivity index is 0. The molecule has 490 valence electrons. The number of rotatable bonds is 34. The number of carboxylic acid groups (broad SMARTS) is 1. The third kappa shape index (κ3) is 21.9. The molecule has 85 heavy (non-hydrogen) atoms. The minimum Gasteiger partial charge on any atom is -0.870 e. The van der Waals surface area contributed by atoms with E-state index in [4.69, 9.17) is 23.7 Å². The molecule has 4 amide bonds. The zero-order chi connectivity index (χ0) is 64.3. The van der Waals surface area contributed by atoms with Crippen molar-refractivity contribution in [2.75, 3.05) is 90.9 Å². The fourth-order valence-corrected chi connectivity index (χ4v) is 11.9. The quantitative estimate of drug-likeness (QED) is 0.0705. The van der Waals surface area contributed by atoms with Gasteiger partial charge in [-0.15, -0.1) is 0 Å². The number of ketones is 2. The number of hydrogen-bond acceptors (Lipinski definition) is 16. The van der Waals surface area contributed by atoms with E-state index in [2.05, 4.69) is 13.8 Å². The minimum atomic E-state index is -0.963. The predicted octanol–water partition coefficient (Wildman–Crippen LogP) is 4.04. The zero-order valence-electron chi connectivity index (χ0n) is 57.6. The summed E-state index contributed by atoms with van der Waals surface area (Å²) in [5, 5.41) is 9.57. The molecule has 0 saturated carbocycles. The largest absolute Gasteiger partial charge is 1.00 e. The van der Waals surface area contributed by atoms with E-state index in [1.54, 1.807) is 68.9 Å². The molecule has 0 aromatic carbocycles. The van der Waals surface area contributed by atoms with Crippen molar-refractivity contribution in [2.24, 2.45) is 47.3 Å². The van der Waals surface area contributed by atoms with E-state index in [0.717, 1.165) is 32.1 Å². The molecule has 14 atom stereocenters. The number of carbonyl (C=O) groups excluding carboxylic acids is 7. The zero-order valence-corrected chi connectivity index (χ0v) is 57.6. The van der Waals surface area contributed by atoms with Crippen LogP contribution in [0.15, 0.2) is 0 Å². The van der Waals surface area contributed by atoms with Crippen molar-refractivity contribution in [2.45, 2.75) is 221 Å². The molecular formula is C63H117LiN6O15. The van der Waals surface area contributed by atoms with Crippen LogP contribution in [0, 0.1) is 47.3 Å². The molecule has 0 aromatic heterocycles. The molecule has 0 spiro atoms. The van der Waals surface area contributed by atoms with Crippen LogP contribution in [-0.2, 0) is 62.0 Å². The summed E-state index contributed by atoms with van der Waals surface area (Å²) in [6.45, 7) is 28.0. The van der Waals surface area contributed by atoms with Crippen LogP contribution in [0.4, 0.5) is 0 Å². The van der Waals surface area contributed by atoms with E-state index in [-0.39, 0.29) is 133 Å². The molecule has 2 rings (SSSR count). The number of esters is 1. The van der Waals surface area contributed by atoms with Crippen LogP contribution in [0.3, 0.4) is 0 Å². The van der Waals surface area contributed by atoms with Crippen molar-refractivity contribution in [3.8, 4) is 0 Å². The molecule has 2 aliphatic rings. The molecule has 2 heterocycles. The average Bonchev–Trinajstić information content (AvgIpc) is 2.95. The number of methoxy groups -OCH3 is 5. The van der Waals surface area contributed by atoms with E-state index >= 15 is 0 Å². The Morgan fingerprint density at radius 3 is 1.09 bits per heavy atom. The molecular weight excluding hydrogens is 1090 g/mol. The fourth-order valence-electron chi connectivity index (χ4n) is 11.9. The normalized spacial score (nSPS) is 19.8. The van der Waals surface area contributed by atoms with Crippen molar-refractivity contribution in [1.29, 1.82) is 0 Å². The van der Waals surface area contributed by atoms with E-state index in [0.29, 0.717) is 19.5 Å². The van der Waals surface area contributed by atoms with Crippen molar-refractivity contribution >= 4 is 47.1 Å². The summed E-state index contributed by atoms with van der Waals surface area (Å²) in [6, 6.07) is -1.36. The van der Waals surface area contributed by atoms with Gasteiger partial charge in [-0.1, -0.05) is 68.2 Å². The maximum atomic E-state index is 14.0. The van der Waals surface area contributed by atoms with Crippen LogP contribution in [0.2, 0.25) is 0 Å². The summed E-state index contributed by atoms with van der Waals surface area (Å²) in [5.41, 5.74) is -1.39. The molecule has 21 nitrogen and oxygen atoms in total. The maximum Gasteiger partial charge on any atom is 1.00 e. The third-order valence-electron chi connectivity index (χ3n) is 19.3. The number of hydrogen-bond donors (Lipinski definition) is 1. The second-order valence-electron chi connectivity index (χ2n) is 25.9. The second kappa shape index (κ2) is 38.1. The molecule has 2 aliphatic heterocycles. The Labute approximate surface area is 524 Å². The molecule has 2 fully saturated rings. The molecule has 0 aliphatic carbocycles. The number of carboxylic acids is 1. The van der Waals surface area contributed by atoms with Gasteiger partial charge in [0.25, 0.3) is 0 Å². The smallest absolute Gasteiger partial charge is 0.870 e. The van der Waals surface area contributed by atoms with Gasteiger partial charge in [-0.25, -0.2) is 0 Å². The molecule has 0 bridgehead atoms. The SMILES string of the molecule is CC[C@H](C)[C@@H]([C@@H](CC(=O)N1CCC[C@H]1[C@H](OC)[C@@H](C)C(=O)O)OC)N(C)C(=O)[C@@H](CC(=O)C(C)(C)N(C)C)C(C)C.CC[C@H](C)[C@@H]([C@@H](CC(=O)N1CCC[C@H]1[C@H](OC)[C@@H](C)C(=O)OC)OC)N(C)C(=O)[C@@H](CC(=O)C(C)(C)N(C)C)C(C)C.[Li+].[OH-]. The van der Waals surface area contributed by atoms with Gasteiger partial charge in [-0.2, -0.15) is 0 Å². The van der Waals surface area contributed by atoms with E-state index < -0.39 is 71.2 Å². The summed E-state index contributed by atoms with van der Waals surface area (Å²) >= 11 is 0. The van der Waals surface area contributed by atoms with Crippen LogP contribution < -0.4 is 18.9 Å². The van der Waals surface area contributed by atoms with Gasteiger partial charge in [0.05, 0.1) is 91.4 Å². The Bertz CT molecular complexity index is 2090. The van der Waals surface area contributed by atoms with Gasteiger partial charge in [-0.05, 0) is 119 Å². The Morgan fingerprint density at radius 2 is 0.847 bits per heavy atom. The molecule has 22 heteroatoms. The first-order chi connectivity index (χ1) is 38.5. The first kappa shape index (κ1) is 83.5. The standard InChI is InChI=1S/C32H59N3O7.C31H57N3O7.Li.H2O/c1-14-21(4)28(34(10)30(38)23(20(2)3)18-26(36)32(6,7)33(8)9)25(40-11)19-27(37)35-17-15-16-24(35)29(41-12)22(5)31(39)42-13;1-13-20(4)27(33(10)29(37)22(19(2)3)17-25(35)31(6,7)32(8)9)24(40-11)18-26(36)34-16-14-15-23(34)28(41-12)21(5)30(38)39;;/h20-25,28-29H,14-19H2,1-13H3;19-24,27-28H,13-18H2,1-12H3,(H,38,39);;1H2/q;;+1;/p-1/t21-,22+,23-,24-,25+,28-,29+;20-,21+,22-,23-,24+,27-,28+;;/m00../s1. The number of likely N-dealkylation sites (tertiary alicyclic amines) is 2. The minimum absolute atomic E-state index is 0. The number of ether oxygens (including phenoxy) is 5. The molecule has 2 N–H and O–H groups in total. The Kier molecular flexibility index (Phi) is 37.5. The Hall–Kier alpha value is -3.52. The van der Waals surface area contributed by atoms with Gasteiger partial charge in [0.15, 0.2) is 11.6 Å². The molecule has 0 aromatic rings. The molecule has 2 saturated heterocycles. The fraction of sp³-hybridized carbons (Fsp3) is 0.873. The summed E-state index contributed by atoms with van der Waals surface area (Å²) < 4.78 is 28.1. The first-order valence-electron chi connectivity index (χ1n) is 30.4. The number of carbonyl (C=O) groups is 8. The van der Waals surface area contributed by atoms with Gasteiger partial charge < -0.3 is 53.9 Å². The molecule has 0 radical (unpaired) electrons. The third-order valence-corrected chi connectivity index (χ3v) is 19.3. The summed E-state index contributed by atoms with van der Waals surface area (Å²) in [7, 11) is 18.5. The number of amides is 4. The first-order valence-corrected chi connectivity index (χ1v) is 30.4. The topological polar surface area (TPSA) is 252 Å². The average molecular weight is 1210 g/mol. The van der Waals surface area contributed by atoms with Crippen molar-refractivity contribution in [1.82, 2.24) is 29.4 Å². The number of likely N-dealkylation sites (N-methyl/N-ethyl adjacent to an activating group) is 4. The van der Waals surface area contributed by atoms with Crippen molar-refractivity contribution in [3.63, 3.8) is 0 Å². The summed E-state index contributed by atoms with van der Waals surface area (Å²) in [4.78, 5) is 117. The summed E-state index contributed by atoms with van der Waals surface area (Å²) in [5.74, 6) is -4.12. The van der Waals surface area contributed by atoms with Gasteiger partial charge in [0.1, 0.15) is 0 Å². The van der Waals surface area contributed by atoms with Crippen molar-refractivity contribution in [3.05, 3.63) is 0 Å². The van der Waals surface area contributed by atoms with Crippen LogP contribution in [0.5, 0.6) is 0 Å². The van der Waals surface area contributed by atoms with Crippen LogP contribution in [0.1, 0.15) is 161 Å². The van der Waals surface area contributed by atoms with E-state index in [1.165, 1.54) is 14.2 Å². The van der Waals surface area contributed by atoms with Crippen LogP contribution >= 0.6 is 0 Å². The number of aliphatic carboxylic acids is 1. The van der Waals surface area contributed by atoms with Gasteiger partial charge in [-0.3, -0.25) is 48.2 Å². The second-order valence-corrected chi connectivity index (χ2v) is 25.9. The maximum absolute atomic E-state index is 14.0. The van der Waals surface area contributed by atoms with E-state index in [1.807, 2.05) is 107 Å². The summed E-state index contributed by atoms with van der Waals surface area (Å²) in [6.07, 6.45) is 2.68. The van der Waals surface area contributed by atoms with E-state index in [9.17, 15) is 43.5 Å². The monoisotopic (exact) mass is 1200 g/mol.